The molecule has 1 rings (SSSR count). The van der Waals surface area contributed by atoms with Crippen LogP contribution in [0.1, 0.15) is 26.2 Å². The summed E-state index contributed by atoms with van der Waals surface area (Å²) in [6.07, 6.45) is 3.50. The van der Waals surface area contributed by atoms with Crippen LogP contribution in [-0.2, 0) is 9.53 Å². The molecule has 0 saturated heterocycles. The predicted molar refractivity (Wildman–Crippen MR) is 61.6 cm³/mol. The summed E-state index contributed by atoms with van der Waals surface area (Å²) in [5, 5.41) is 15.5. The Morgan fingerprint density at radius 3 is 2.69 bits per heavy atom. The van der Waals surface area contributed by atoms with Gasteiger partial charge in [-0.1, -0.05) is 0 Å². The lowest BCUT2D eigenvalue weighted by Gasteiger charge is -2.25. The maximum Gasteiger partial charge on any atom is 0.326 e. The Balaban J connectivity index is 2.12. The quantitative estimate of drug-likeness (QED) is 0.494. The van der Waals surface area contributed by atoms with Crippen molar-refractivity contribution >= 4 is 5.97 Å². The van der Waals surface area contributed by atoms with E-state index in [1.165, 1.54) is 20.0 Å². The number of hydrogen-bond donors (Lipinski definition) is 3. The van der Waals surface area contributed by atoms with Crippen LogP contribution in [0.4, 0.5) is 0 Å². The molecule has 0 radical (unpaired) electrons. The van der Waals surface area contributed by atoms with Crippen molar-refractivity contribution < 1.29 is 14.6 Å². The van der Waals surface area contributed by atoms with Gasteiger partial charge in [0, 0.05) is 13.2 Å². The van der Waals surface area contributed by atoms with E-state index in [0.717, 1.165) is 13.0 Å². The van der Waals surface area contributed by atoms with E-state index in [1.54, 1.807) is 6.92 Å². The molecule has 1 fully saturated rings. The summed E-state index contributed by atoms with van der Waals surface area (Å²) in [6.45, 7) is 3.46. The molecule has 1 saturated carbocycles. The molecule has 0 aliphatic heterocycles. The van der Waals surface area contributed by atoms with Crippen LogP contribution < -0.4 is 10.6 Å². The number of nitrogens with one attached hydrogen (secondary N) is 2. The van der Waals surface area contributed by atoms with Gasteiger partial charge in [-0.15, -0.1) is 0 Å². The van der Waals surface area contributed by atoms with Gasteiger partial charge < -0.3 is 20.5 Å². The van der Waals surface area contributed by atoms with Gasteiger partial charge in [0.05, 0.1) is 6.61 Å². The Morgan fingerprint density at radius 2 is 2.19 bits per heavy atom. The van der Waals surface area contributed by atoms with Crippen molar-refractivity contribution in [3.63, 3.8) is 0 Å². The van der Waals surface area contributed by atoms with E-state index in [4.69, 9.17) is 9.84 Å². The van der Waals surface area contributed by atoms with Gasteiger partial charge in [-0.05, 0) is 39.3 Å². The lowest BCUT2D eigenvalue weighted by atomic mass is 10.0. The maximum absolute atomic E-state index is 11.0. The Hall–Kier alpha value is -0.650. The first kappa shape index (κ1) is 13.4. The van der Waals surface area contributed by atoms with Gasteiger partial charge in [0.15, 0.2) is 0 Å². The van der Waals surface area contributed by atoms with E-state index in [-0.39, 0.29) is 6.61 Å². The van der Waals surface area contributed by atoms with Crippen LogP contribution in [0.15, 0.2) is 0 Å². The van der Waals surface area contributed by atoms with Gasteiger partial charge in [-0.25, -0.2) is 0 Å². The van der Waals surface area contributed by atoms with Crippen LogP contribution in [0.2, 0.25) is 0 Å². The highest BCUT2D eigenvalue weighted by Gasteiger charge is 2.32. The molecular formula is C11H22N2O3. The van der Waals surface area contributed by atoms with Gasteiger partial charge in [0.1, 0.15) is 5.54 Å². The number of carboxylic acid groups (broad SMARTS) is 1. The zero-order chi connectivity index (χ0) is 12.0. The SMILES string of the molecule is COCC(C)(NCCCNC1CC1)C(=O)O. The fraction of sp³-hybridized carbons (Fsp3) is 0.909. The molecule has 5 heteroatoms. The third kappa shape index (κ3) is 4.47. The Labute approximate surface area is 96.6 Å². The molecule has 1 aliphatic rings. The predicted octanol–water partition coefficient (Wildman–Crippen LogP) is 0.208. The third-order valence-corrected chi connectivity index (χ3v) is 2.78. The van der Waals surface area contributed by atoms with Crippen LogP contribution >= 0.6 is 0 Å². The van der Waals surface area contributed by atoms with E-state index in [1.807, 2.05) is 0 Å². The molecule has 3 N–H and O–H groups in total. The highest BCUT2D eigenvalue weighted by atomic mass is 16.5. The minimum atomic E-state index is -0.978. The van der Waals surface area contributed by atoms with Crippen molar-refractivity contribution in [2.24, 2.45) is 0 Å². The molecule has 0 aromatic heterocycles. The Bertz CT molecular complexity index is 231. The maximum atomic E-state index is 11.0. The fourth-order valence-electron chi connectivity index (χ4n) is 1.52. The van der Waals surface area contributed by atoms with Crippen LogP contribution in [0.3, 0.4) is 0 Å². The molecule has 1 atom stereocenters. The topological polar surface area (TPSA) is 70.6 Å². The minimum Gasteiger partial charge on any atom is -0.480 e. The first-order chi connectivity index (χ1) is 7.58. The smallest absolute Gasteiger partial charge is 0.326 e. The average molecular weight is 230 g/mol. The van der Waals surface area contributed by atoms with Crippen LogP contribution in [0.25, 0.3) is 0 Å². The molecule has 94 valence electrons. The van der Waals surface area contributed by atoms with Crippen LogP contribution in [-0.4, -0.2) is 49.5 Å². The minimum absolute atomic E-state index is 0.179. The fourth-order valence-corrected chi connectivity index (χ4v) is 1.52. The number of rotatable bonds is 9. The second-order valence-corrected chi connectivity index (χ2v) is 4.58. The first-order valence-corrected chi connectivity index (χ1v) is 5.79. The Morgan fingerprint density at radius 1 is 1.50 bits per heavy atom. The van der Waals surface area contributed by atoms with Crippen LogP contribution in [0, 0.1) is 0 Å². The van der Waals surface area contributed by atoms with E-state index >= 15 is 0 Å². The van der Waals surface area contributed by atoms with Crippen molar-refractivity contribution in [3.05, 3.63) is 0 Å². The highest BCUT2D eigenvalue weighted by molar-refractivity contribution is 5.78. The zero-order valence-electron chi connectivity index (χ0n) is 10.1. The normalized spacial score (nSPS) is 19.4. The number of hydrogen-bond acceptors (Lipinski definition) is 4. The Kier molecular flexibility index (Phi) is 5.18. The molecule has 16 heavy (non-hydrogen) atoms. The summed E-state index contributed by atoms with van der Waals surface area (Å²) in [5.41, 5.74) is -0.978. The largest absolute Gasteiger partial charge is 0.480 e. The standard InChI is InChI=1S/C11H22N2O3/c1-11(8-16-2,10(14)15)13-7-3-6-12-9-4-5-9/h9,12-13H,3-8H2,1-2H3,(H,14,15). The summed E-state index contributed by atoms with van der Waals surface area (Å²) >= 11 is 0. The lowest BCUT2D eigenvalue weighted by Crippen LogP contribution is -2.53. The molecule has 1 unspecified atom stereocenters. The average Bonchev–Trinajstić information content (AvgIpc) is 3.01. The molecule has 0 bridgehead atoms. The van der Waals surface area contributed by atoms with Crippen molar-refractivity contribution in [1.82, 2.24) is 10.6 Å². The van der Waals surface area contributed by atoms with E-state index < -0.39 is 11.5 Å². The molecule has 0 aromatic rings. The third-order valence-electron chi connectivity index (χ3n) is 2.78. The summed E-state index contributed by atoms with van der Waals surface area (Å²) in [5.74, 6) is -0.871. The van der Waals surface area contributed by atoms with Crippen molar-refractivity contribution in [2.45, 2.75) is 37.8 Å². The summed E-state index contributed by atoms with van der Waals surface area (Å²) in [6, 6.07) is 0.713. The molecule has 0 aromatic carbocycles. The number of carboxylic acids is 1. The van der Waals surface area contributed by atoms with Gasteiger partial charge >= 0.3 is 5.97 Å². The van der Waals surface area contributed by atoms with Gasteiger partial charge in [0.25, 0.3) is 0 Å². The zero-order valence-corrected chi connectivity index (χ0v) is 10.1. The highest BCUT2D eigenvalue weighted by Crippen LogP contribution is 2.18. The first-order valence-electron chi connectivity index (χ1n) is 5.79. The molecular weight excluding hydrogens is 208 g/mol. The van der Waals surface area contributed by atoms with Gasteiger partial charge in [-0.2, -0.15) is 0 Å². The van der Waals surface area contributed by atoms with Crippen molar-refractivity contribution in [3.8, 4) is 0 Å². The van der Waals surface area contributed by atoms with Gasteiger partial charge in [-0.3, -0.25) is 4.79 Å². The summed E-state index contributed by atoms with van der Waals surface area (Å²) in [7, 11) is 1.51. The van der Waals surface area contributed by atoms with Crippen molar-refractivity contribution in [1.29, 1.82) is 0 Å². The van der Waals surface area contributed by atoms with Crippen LogP contribution in [0.5, 0.6) is 0 Å². The van der Waals surface area contributed by atoms with E-state index in [9.17, 15) is 4.79 Å². The van der Waals surface area contributed by atoms with Crippen molar-refractivity contribution in [2.75, 3.05) is 26.8 Å². The number of ether oxygens (including phenoxy) is 1. The monoisotopic (exact) mass is 230 g/mol. The molecule has 0 heterocycles. The lowest BCUT2D eigenvalue weighted by molar-refractivity contribution is -0.146. The molecule has 5 nitrogen and oxygen atoms in total. The van der Waals surface area contributed by atoms with Gasteiger partial charge in [0.2, 0.25) is 0 Å². The summed E-state index contributed by atoms with van der Waals surface area (Å²) in [4.78, 5) is 11.0. The molecule has 0 spiro atoms. The summed E-state index contributed by atoms with van der Waals surface area (Å²) < 4.78 is 4.91. The van der Waals surface area contributed by atoms with E-state index in [0.29, 0.717) is 12.6 Å². The molecule has 1 aliphatic carbocycles. The number of carbonyl (C=O) groups is 1. The number of methoxy groups -OCH3 is 1. The molecule has 0 amide bonds. The van der Waals surface area contributed by atoms with E-state index in [2.05, 4.69) is 10.6 Å². The second kappa shape index (κ2) is 6.18. The number of aliphatic carboxylic acids is 1. The second-order valence-electron chi connectivity index (χ2n) is 4.58.